The van der Waals surface area contributed by atoms with Crippen LogP contribution in [0.5, 0.6) is 0 Å². The maximum absolute atomic E-state index is 2.18. The zero-order valence-corrected chi connectivity index (χ0v) is 13.5. The summed E-state index contributed by atoms with van der Waals surface area (Å²) in [5.74, 6) is 0. The molecule has 4 heteroatoms. The monoisotopic (exact) mass is 370 g/mol. The van der Waals surface area contributed by atoms with Gasteiger partial charge in [0.1, 0.15) is 0 Å². The normalized spacial score (nSPS) is 10.0. The van der Waals surface area contributed by atoms with Crippen molar-refractivity contribution < 1.29 is 0 Å². The fourth-order valence-corrected chi connectivity index (χ4v) is 3.49. The molecule has 42 valence electrons. The summed E-state index contributed by atoms with van der Waals surface area (Å²) >= 11 is 8.67. The molecule has 0 saturated heterocycles. The molecule has 0 amide bonds. The fraction of sp³-hybridized carbons (Fsp3) is 0. The molecular formula is C6H2Ge4. The van der Waals surface area contributed by atoms with Crippen LogP contribution in [0, 0.1) is 0 Å². The van der Waals surface area contributed by atoms with Crippen LogP contribution in [-0.2, 0) is 0 Å². The van der Waals surface area contributed by atoms with Gasteiger partial charge < -0.3 is 0 Å². The number of benzene rings is 1. The van der Waals surface area contributed by atoms with E-state index in [1.54, 1.807) is 0 Å². The molecule has 0 heterocycles. The van der Waals surface area contributed by atoms with E-state index in [2.05, 4.69) is 78.2 Å². The van der Waals surface area contributed by atoms with Gasteiger partial charge in [0, 0.05) is 0 Å². The van der Waals surface area contributed by atoms with E-state index in [1.165, 1.54) is 17.6 Å². The van der Waals surface area contributed by atoms with E-state index >= 15 is 0 Å². The standard InChI is InChI=1S/C6H2Ge4/c7-3-1-2-4(8)6(10)5(3)9/h1-2H. The van der Waals surface area contributed by atoms with Crippen LogP contribution >= 0.6 is 0 Å². The van der Waals surface area contributed by atoms with Crippen LogP contribution in [0.1, 0.15) is 0 Å². The Morgan fingerprint density at radius 3 is 1.30 bits per heavy atom. The molecule has 0 saturated carbocycles. The zero-order valence-electron chi connectivity index (χ0n) is 5.15. The van der Waals surface area contributed by atoms with Crippen molar-refractivity contribution in [1.82, 2.24) is 0 Å². The van der Waals surface area contributed by atoms with Crippen LogP contribution in [0.4, 0.5) is 0 Å². The minimum atomic E-state index is 1.39. The van der Waals surface area contributed by atoms with E-state index in [0.717, 1.165) is 0 Å². The summed E-state index contributed by atoms with van der Waals surface area (Å²) in [5.41, 5.74) is 0. The van der Waals surface area contributed by atoms with Gasteiger partial charge in [-0.2, -0.15) is 0 Å². The van der Waals surface area contributed by atoms with Crippen molar-refractivity contribution >= 4 is 83.6 Å². The van der Waals surface area contributed by atoms with Gasteiger partial charge in [-0.15, -0.1) is 0 Å². The first-order valence-corrected chi connectivity index (χ1v) is 6.86. The second kappa shape index (κ2) is 3.87. The average Bonchev–Trinajstić information content (AvgIpc) is 1.93. The molecule has 1 aromatic carbocycles. The minimum absolute atomic E-state index is 1.39. The Morgan fingerprint density at radius 1 is 0.700 bits per heavy atom. The third-order valence-corrected chi connectivity index (χ3v) is 8.43. The van der Waals surface area contributed by atoms with Crippen molar-refractivity contribution in [2.24, 2.45) is 0 Å². The molecule has 1 rings (SSSR count). The molecule has 0 fully saturated rings. The van der Waals surface area contributed by atoms with Gasteiger partial charge in [-0.05, 0) is 0 Å². The second-order valence-corrected chi connectivity index (χ2v) is 6.27. The topological polar surface area (TPSA) is 0 Å². The van der Waals surface area contributed by atoms with E-state index in [4.69, 9.17) is 0 Å². The van der Waals surface area contributed by atoms with Crippen LogP contribution in [-0.4, -0.2) is 66.1 Å². The van der Waals surface area contributed by atoms with Gasteiger partial charge in [0.25, 0.3) is 0 Å². The van der Waals surface area contributed by atoms with E-state index < -0.39 is 0 Å². The molecule has 0 bridgehead atoms. The molecule has 0 aliphatic carbocycles. The molecule has 0 N–H and O–H groups in total. The molecule has 0 nitrogen and oxygen atoms in total. The molecule has 10 heavy (non-hydrogen) atoms. The summed E-state index contributed by atoms with van der Waals surface area (Å²) in [4.78, 5) is 0. The first-order chi connectivity index (χ1) is 4.63. The Labute approximate surface area is 94.8 Å². The number of hydrogen-bond donors (Lipinski definition) is 0. The van der Waals surface area contributed by atoms with E-state index in [1.807, 2.05) is 0 Å². The summed E-state index contributed by atoms with van der Waals surface area (Å²) in [6, 6.07) is 4.36. The number of rotatable bonds is 0. The Bertz CT molecular complexity index is 229. The zero-order chi connectivity index (χ0) is 7.72. The van der Waals surface area contributed by atoms with Crippen LogP contribution in [0.3, 0.4) is 0 Å². The third-order valence-electron chi connectivity index (χ3n) is 1.21. The van der Waals surface area contributed by atoms with Crippen molar-refractivity contribution in [2.45, 2.75) is 0 Å². The van der Waals surface area contributed by atoms with Crippen molar-refractivity contribution in [1.29, 1.82) is 0 Å². The molecule has 0 spiro atoms. The van der Waals surface area contributed by atoms with Crippen molar-refractivity contribution in [3.05, 3.63) is 12.1 Å². The van der Waals surface area contributed by atoms with Gasteiger partial charge >= 0.3 is 95.8 Å². The van der Waals surface area contributed by atoms with Crippen LogP contribution < -0.4 is 17.6 Å². The predicted molar refractivity (Wildman–Crippen MR) is 48.0 cm³/mol. The van der Waals surface area contributed by atoms with Gasteiger partial charge in [0.2, 0.25) is 0 Å². The van der Waals surface area contributed by atoms with Gasteiger partial charge in [-0.3, -0.25) is 0 Å². The quantitative estimate of drug-likeness (QED) is 0.427. The van der Waals surface area contributed by atoms with Crippen LogP contribution in [0.25, 0.3) is 0 Å². The van der Waals surface area contributed by atoms with Crippen LogP contribution in [0.2, 0.25) is 0 Å². The molecular weight excluding hydrogens is 363 g/mol. The van der Waals surface area contributed by atoms with Gasteiger partial charge in [-0.1, -0.05) is 0 Å². The third kappa shape index (κ3) is 1.96. The van der Waals surface area contributed by atoms with Gasteiger partial charge in [0.15, 0.2) is 0 Å². The molecule has 0 aliphatic heterocycles. The van der Waals surface area contributed by atoms with E-state index in [-0.39, 0.29) is 0 Å². The molecule has 0 aliphatic rings. The first kappa shape index (κ1) is 9.48. The summed E-state index contributed by atoms with van der Waals surface area (Å²) in [5, 5.41) is 0. The van der Waals surface area contributed by atoms with Crippen molar-refractivity contribution in [3.8, 4) is 0 Å². The molecule has 0 aromatic heterocycles. The molecule has 0 unspecified atom stereocenters. The maximum atomic E-state index is 2.18. The second-order valence-electron chi connectivity index (χ2n) is 1.91. The number of hydrogen-bond acceptors (Lipinski definition) is 0. The SMILES string of the molecule is [Ge][c]1cc[c]([Ge])[c]([Ge])[c]1[Ge]. The van der Waals surface area contributed by atoms with E-state index in [9.17, 15) is 0 Å². The van der Waals surface area contributed by atoms with Crippen molar-refractivity contribution in [2.75, 3.05) is 0 Å². The first-order valence-electron chi connectivity index (χ1n) is 2.66. The van der Waals surface area contributed by atoms with Gasteiger partial charge in [0.05, 0.1) is 0 Å². The Kier molecular flexibility index (Phi) is 3.67. The predicted octanol–water partition coefficient (Wildman–Crippen LogP) is -3.14. The van der Waals surface area contributed by atoms with Crippen LogP contribution in [0.15, 0.2) is 12.1 Å². The molecule has 0 atom stereocenters. The molecule has 12 radical (unpaired) electrons. The average molecular weight is 365 g/mol. The summed E-state index contributed by atoms with van der Waals surface area (Å²) < 4.78 is 5.64. The Morgan fingerprint density at radius 2 is 1.00 bits per heavy atom. The summed E-state index contributed by atoms with van der Waals surface area (Å²) in [7, 11) is 0. The van der Waals surface area contributed by atoms with Crippen molar-refractivity contribution in [3.63, 3.8) is 0 Å². The van der Waals surface area contributed by atoms with Gasteiger partial charge in [-0.25, -0.2) is 0 Å². The Balaban J connectivity index is 3.34. The Hall–Kier alpha value is 1.39. The summed E-state index contributed by atoms with van der Waals surface area (Å²) in [6.07, 6.45) is 0. The fourth-order valence-electron chi connectivity index (χ4n) is 0.603. The van der Waals surface area contributed by atoms with E-state index in [0.29, 0.717) is 0 Å². The molecule has 1 aromatic rings. The summed E-state index contributed by atoms with van der Waals surface area (Å²) in [6.45, 7) is 0.